The molecule has 1 aliphatic carbocycles. The van der Waals surface area contributed by atoms with Crippen LogP contribution in [0.15, 0.2) is 67.0 Å². The summed E-state index contributed by atoms with van der Waals surface area (Å²) in [6.07, 6.45) is 10.5. The van der Waals surface area contributed by atoms with Gasteiger partial charge < -0.3 is 14.8 Å². The predicted molar refractivity (Wildman–Crippen MR) is 128 cm³/mol. The van der Waals surface area contributed by atoms with Crippen LogP contribution >= 0.6 is 0 Å². The molecule has 0 radical (unpaired) electrons. The van der Waals surface area contributed by atoms with Crippen LogP contribution in [0.1, 0.15) is 49.3 Å². The minimum absolute atomic E-state index is 0.0887. The number of anilines is 1. The average Bonchev–Trinajstić information content (AvgIpc) is 3.32. The normalized spacial score (nSPS) is 14.2. The number of amides is 1. The number of carbonyl (C=O) groups excluding carboxylic acids is 1. The standard InChI is InChI=1S/C27H28N2O3/c1-19(30)29-23-10-7-21(8-11-23)25(17-20-13-15-28-16-14-20)22-9-12-26(31-2)27(18-22)32-24-5-3-4-6-24/h7-18,24H,3-6H2,1-2H3,(H,29,30). The molecule has 0 spiro atoms. The maximum Gasteiger partial charge on any atom is 0.221 e. The summed E-state index contributed by atoms with van der Waals surface area (Å²) in [5, 5.41) is 2.82. The van der Waals surface area contributed by atoms with Crippen molar-refractivity contribution in [2.75, 3.05) is 12.4 Å². The molecule has 1 fully saturated rings. The van der Waals surface area contributed by atoms with Crippen LogP contribution in [0.4, 0.5) is 5.69 Å². The molecule has 0 saturated heterocycles. The lowest BCUT2D eigenvalue weighted by Crippen LogP contribution is -2.11. The van der Waals surface area contributed by atoms with Crippen molar-refractivity contribution >= 4 is 23.2 Å². The van der Waals surface area contributed by atoms with E-state index in [0.717, 1.165) is 52.3 Å². The molecule has 2 aromatic carbocycles. The number of benzene rings is 2. The fraction of sp³-hybridized carbons (Fsp3) is 0.259. The highest BCUT2D eigenvalue weighted by molar-refractivity contribution is 5.93. The molecule has 1 amide bonds. The first-order valence-electron chi connectivity index (χ1n) is 11.0. The molecular formula is C27H28N2O3. The highest BCUT2D eigenvalue weighted by Crippen LogP contribution is 2.36. The quantitative estimate of drug-likeness (QED) is 0.504. The molecule has 5 heteroatoms. The number of nitrogens with one attached hydrogen (secondary N) is 1. The van der Waals surface area contributed by atoms with Crippen molar-refractivity contribution in [3.8, 4) is 11.5 Å². The predicted octanol–water partition coefficient (Wildman–Crippen LogP) is 5.96. The minimum Gasteiger partial charge on any atom is -0.493 e. The summed E-state index contributed by atoms with van der Waals surface area (Å²) in [5.41, 5.74) is 4.93. The van der Waals surface area contributed by atoms with E-state index in [4.69, 9.17) is 9.47 Å². The summed E-state index contributed by atoms with van der Waals surface area (Å²) >= 11 is 0. The molecule has 0 unspecified atom stereocenters. The summed E-state index contributed by atoms with van der Waals surface area (Å²) < 4.78 is 11.9. The van der Waals surface area contributed by atoms with Gasteiger partial charge in [0.15, 0.2) is 11.5 Å². The maximum atomic E-state index is 11.4. The van der Waals surface area contributed by atoms with E-state index in [-0.39, 0.29) is 12.0 Å². The Morgan fingerprint density at radius 3 is 2.31 bits per heavy atom. The molecule has 0 atom stereocenters. The number of hydrogen-bond donors (Lipinski definition) is 1. The molecule has 4 rings (SSSR count). The Kier molecular flexibility index (Phi) is 6.85. The molecule has 5 nitrogen and oxygen atoms in total. The fourth-order valence-electron chi connectivity index (χ4n) is 4.02. The van der Waals surface area contributed by atoms with Gasteiger partial charge in [0, 0.05) is 25.0 Å². The van der Waals surface area contributed by atoms with Crippen LogP contribution in [-0.4, -0.2) is 24.1 Å². The van der Waals surface area contributed by atoms with Gasteiger partial charge in [-0.25, -0.2) is 0 Å². The summed E-state index contributed by atoms with van der Waals surface area (Å²) in [6, 6.07) is 17.9. The number of carbonyl (C=O) groups is 1. The SMILES string of the molecule is COc1ccc(C(=Cc2ccncc2)c2ccc(NC(C)=O)cc2)cc1OC1CCCC1. The third-order valence-corrected chi connectivity index (χ3v) is 5.60. The Morgan fingerprint density at radius 2 is 1.66 bits per heavy atom. The van der Waals surface area contributed by atoms with Gasteiger partial charge in [0.25, 0.3) is 0 Å². The fourth-order valence-corrected chi connectivity index (χ4v) is 4.02. The van der Waals surface area contributed by atoms with E-state index in [1.165, 1.54) is 19.8 Å². The Morgan fingerprint density at radius 1 is 0.969 bits per heavy atom. The van der Waals surface area contributed by atoms with E-state index >= 15 is 0 Å². The zero-order chi connectivity index (χ0) is 22.3. The first-order valence-corrected chi connectivity index (χ1v) is 11.0. The molecule has 32 heavy (non-hydrogen) atoms. The molecule has 1 aromatic heterocycles. The number of ether oxygens (including phenoxy) is 2. The smallest absolute Gasteiger partial charge is 0.221 e. The second-order valence-corrected chi connectivity index (χ2v) is 7.99. The third kappa shape index (κ3) is 5.35. The van der Waals surface area contributed by atoms with Crippen LogP contribution in [-0.2, 0) is 4.79 Å². The average molecular weight is 429 g/mol. The largest absolute Gasteiger partial charge is 0.493 e. The lowest BCUT2D eigenvalue weighted by atomic mass is 9.95. The molecule has 1 aliphatic rings. The van der Waals surface area contributed by atoms with Crippen LogP contribution in [0.3, 0.4) is 0 Å². The molecule has 1 N–H and O–H groups in total. The van der Waals surface area contributed by atoms with Crippen LogP contribution in [0.5, 0.6) is 11.5 Å². The minimum atomic E-state index is -0.0887. The Balaban J connectivity index is 1.74. The second-order valence-electron chi connectivity index (χ2n) is 7.99. The van der Waals surface area contributed by atoms with Gasteiger partial charge in [0.05, 0.1) is 13.2 Å². The molecule has 164 valence electrons. The van der Waals surface area contributed by atoms with Crippen LogP contribution in [0, 0.1) is 0 Å². The van der Waals surface area contributed by atoms with Gasteiger partial charge in [-0.3, -0.25) is 9.78 Å². The van der Waals surface area contributed by atoms with Crippen molar-refractivity contribution in [1.82, 2.24) is 4.98 Å². The third-order valence-electron chi connectivity index (χ3n) is 5.60. The van der Waals surface area contributed by atoms with E-state index in [2.05, 4.69) is 28.5 Å². The summed E-state index contributed by atoms with van der Waals surface area (Å²) in [7, 11) is 1.67. The number of methoxy groups -OCH3 is 1. The van der Waals surface area contributed by atoms with Gasteiger partial charge in [-0.2, -0.15) is 0 Å². The number of pyridine rings is 1. The topological polar surface area (TPSA) is 60.5 Å². The Labute approximate surface area is 189 Å². The highest BCUT2D eigenvalue weighted by atomic mass is 16.5. The first-order chi connectivity index (χ1) is 15.6. The Hall–Kier alpha value is -3.60. The van der Waals surface area contributed by atoms with Crippen molar-refractivity contribution in [2.45, 2.75) is 38.7 Å². The van der Waals surface area contributed by atoms with E-state index in [9.17, 15) is 4.79 Å². The first kappa shape index (κ1) is 21.6. The zero-order valence-corrected chi connectivity index (χ0v) is 18.5. The molecular weight excluding hydrogens is 400 g/mol. The lowest BCUT2D eigenvalue weighted by Gasteiger charge is -2.18. The van der Waals surface area contributed by atoms with Gasteiger partial charge in [-0.05, 0) is 90.4 Å². The number of rotatable bonds is 7. The van der Waals surface area contributed by atoms with Crippen molar-refractivity contribution < 1.29 is 14.3 Å². The van der Waals surface area contributed by atoms with Crippen LogP contribution < -0.4 is 14.8 Å². The van der Waals surface area contributed by atoms with E-state index in [1.807, 2.05) is 42.5 Å². The monoisotopic (exact) mass is 428 g/mol. The number of aromatic nitrogens is 1. The molecule has 0 aliphatic heterocycles. The van der Waals surface area contributed by atoms with Crippen LogP contribution in [0.25, 0.3) is 11.6 Å². The van der Waals surface area contributed by atoms with Crippen molar-refractivity contribution in [2.24, 2.45) is 0 Å². The maximum absolute atomic E-state index is 11.4. The van der Waals surface area contributed by atoms with Crippen LogP contribution in [0.2, 0.25) is 0 Å². The van der Waals surface area contributed by atoms with Gasteiger partial charge in [-0.15, -0.1) is 0 Å². The zero-order valence-electron chi connectivity index (χ0n) is 18.5. The van der Waals surface area contributed by atoms with Gasteiger partial charge >= 0.3 is 0 Å². The van der Waals surface area contributed by atoms with Crippen molar-refractivity contribution in [3.05, 3.63) is 83.7 Å². The molecule has 0 bridgehead atoms. The Bertz CT molecular complexity index is 1090. The van der Waals surface area contributed by atoms with Crippen molar-refractivity contribution in [1.29, 1.82) is 0 Å². The summed E-state index contributed by atoms with van der Waals surface area (Å²) in [6.45, 7) is 1.51. The van der Waals surface area contributed by atoms with Gasteiger partial charge in [0.1, 0.15) is 0 Å². The van der Waals surface area contributed by atoms with E-state index in [0.29, 0.717) is 0 Å². The summed E-state index contributed by atoms with van der Waals surface area (Å²) in [4.78, 5) is 15.5. The van der Waals surface area contributed by atoms with Gasteiger partial charge in [0.2, 0.25) is 5.91 Å². The highest BCUT2D eigenvalue weighted by Gasteiger charge is 2.19. The molecule has 1 heterocycles. The van der Waals surface area contributed by atoms with Crippen molar-refractivity contribution in [3.63, 3.8) is 0 Å². The van der Waals surface area contributed by atoms with E-state index < -0.39 is 0 Å². The van der Waals surface area contributed by atoms with E-state index in [1.54, 1.807) is 19.5 Å². The number of nitrogens with zero attached hydrogens (tertiary/aromatic N) is 1. The number of hydrogen-bond acceptors (Lipinski definition) is 4. The second kappa shape index (κ2) is 10.1. The summed E-state index contributed by atoms with van der Waals surface area (Å²) in [5.74, 6) is 1.42. The van der Waals surface area contributed by atoms with Gasteiger partial charge in [-0.1, -0.05) is 18.2 Å². The lowest BCUT2D eigenvalue weighted by molar-refractivity contribution is -0.114. The molecule has 1 saturated carbocycles. The molecule has 3 aromatic rings.